The molecule has 7 saturated heterocycles. The first-order chi connectivity index (χ1) is 68.4. The number of rotatable bonds is 41. The maximum absolute atomic E-state index is 15.1. The highest BCUT2D eigenvalue weighted by atomic mass is 32.7. The standard InChI is InChI=1S/C72H95N24O35P7S7/c1-7-35-36(8-53(118-35)94-28-83-56-60(74)77-25-80-63(56)94)126-133(105,140)112-20-44-38(10-50(120-44)91-16-32(3)66(97)87-70(91)101)128-135(107,142)116-23-47-41(13-54(123-47)95-29-84-57-61(75)78-26-81-64(57)95)131-138(110,145)115-22-46-40(12-52(122-46)93-18-34(5)68(99)89-72(93)103)129-136(108,143)117-24-48-42(14-55(124-48)96-30-85-58-62(76)79-27-82-65(58)96)130-137(109,144)114-21-45-39(11-51(121-45)92-17-33(4)67(98)88-71(92)102)127-134(106,141)113-19-43-37(125-132(104,139)111-6)9-49(119-43)90-15-31(2)59(73)86-69(90)100/h15-18,25-30,35-55H,7-14,19-24H2,1-6H3,(H,104,139)(H,105,140)(H,106,141)(H,107,142)(H,108,143)(H,109,144)(H,110,145)(H2,73,86,100)(H2,74,77,80)(H2,75,78,81)(H2,76,79,82)(H,87,97,101)(H,88,98,102)(H,89,99,103)/t35-,36-,37-,38-,39-,40-,41-,42-,43-,44-,45-,46-,47-,48-,49-,50-,51-,52-,53-,54-,55-,132?,133?,134?,135?,136?,137?,138?/m1/s1. The highest BCUT2D eigenvalue weighted by molar-refractivity contribution is 8.46. The summed E-state index contributed by atoms with van der Waals surface area (Å²) >= 11 is 30.1. The molecular weight excluding hydrogens is 2200 g/mol. The van der Waals surface area contributed by atoms with E-state index in [2.05, 4.69) is 151 Å². The van der Waals surface area contributed by atoms with E-state index in [1.54, 1.807) is 11.5 Å². The molecule has 145 heavy (non-hydrogen) atoms. The van der Waals surface area contributed by atoms with Gasteiger partial charge in [0.15, 0.2) is 34.4 Å². The molecule has 7 aliphatic heterocycles. The first-order valence-electron chi connectivity index (χ1n) is 43.6. The Morgan fingerprint density at radius 2 is 0.552 bits per heavy atom. The van der Waals surface area contributed by atoms with Crippen LogP contribution >= 0.6 is 133 Å². The van der Waals surface area contributed by atoms with Gasteiger partial charge in [-0.15, -0.1) is 0 Å². The van der Waals surface area contributed by atoms with Crippen LogP contribution in [-0.4, -0.2) is 229 Å². The molecule has 28 atom stereocenters. The molecule has 10 aromatic rings. The lowest BCUT2D eigenvalue weighted by molar-refractivity contribution is -0.0534. The maximum Gasteiger partial charge on any atom is 0.386 e. The van der Waals surface area contributed by atoms with Gasteiger partial charge in [0.2, 0.25) is 0 Å². The number of hydrogen-bond donors (Lipinski definition) is 14. The van der Waals surface area contributed by atoms with E-state index >= 15 is 9.13 Å². The third kappa shape index (κ3) is 25.3. The van der Waals surface area contributed by atoms with Crippen LogP contribution in [0.15, 0.2) is 96.3 Å². The number of aromatic amines is 3. The van der Waals surface area contributed by atoms with Crippen LogP contribution in [0.3, 0.4) is 0 Å². The average Bonchev–Trinajstić information content (AvgIpc) is 1.62. The molecule has 0 bridgehead atoms. The van der Waals surface area contributed by atoms with Crippen LogP contribution in [-0.2, 0) is 128 Å². The van der Waals surface area contributed by atoms with E-state index in [0.717, 1.165) is 38.0 Å². The monoisotopic (exact) mass is 2300 g/mol. The Morgan fingerprint density at radius 3 is 0.807 bits per heavy atom. The van der Waals surface area contributed by atoms with E-state index in [-0.39, 0.29) is 101 Å². The van der Waals surface area contributed by atoms with E-state index in [1.165, 1.54) is 80.0 Å². The van der Waals surface area contributed by atoms with E-state index in [4.69, 9.17) is 119 Å². The number of anilines is 4. The fraction of sp³-hybridized carbons (Fsp3) is 0.569. The number of nitrogen functional groups attached to an aromatic ring is 4. The molecule has 0 amide bonds. The van der Waals surface area contributed by atoms with Gasteiger partial charge in [0, 0.05) is 99.1 Å². The summed E-state index contributed by atoms with van der Waals surface area (Å²) in [5.41, 5.74) is 20.2. The molecule has 0 aliphatic carbocycles. The maximum atomic E-state index is 15.1. The van der Waals surface area contributed by atoms with Crippen molar-refractivity contribution in [2.75, 3.05) is 69.7 Å². The summed E-state index contributed by atoms with van der Waals surface area (Å²) in [7, 11) is 1.07. The molecule has 7 aliphatic rings. The van der Waals surface area contributed by atoms with Gasteiger partial charge in [0.25, 0.3) is 16.7 Å². The molecule has 17 heterocycles. The van der Waals surface area contributed by atoms with Crippen molar-refractivity contribution in [3.8, 4) is 0 Å². The molecule has 17 rings (SSSR count). The van der Waals surface area contributed by atoms with Gasteiger partial charge < -0.3 is 60.6 Å². The molecule has 0 aromatic carbocycles. The number of hydrogen-bond acceptors (Lipinski definition) is 49. The zero-order valence-corrected chi connectivity index (χ0v) is 88.8. The Hall–Kier alpha value is -7.01. The molecule has 0 radical (unpaired) electrons. The van der Waals surface area contributed by atoms with Crippen molar-refractivity contribution in [2.45, 2.75) is 215 Å². The second-order valence-electron chi connectivity index (χ2n) is 33.9. The van der Waals surface area contributed by atoms with Crippen molar-refractivity contribution in [2.24, 2.45) is 0 Å². The smallest absolute Gasteiger partial charge is 0.383 e. The number of imidazole rings is 3. The van der Waals surface area contributed by atoms with Gasteiger partial charge in [0.1, 0.15) is 158 Å². The van der Waals surface area contributed by atoms with Gasteiger partial charge in [-0.2, -0.15) is 4.98 Å². The van der Waals surface area contributed by atoms with Crippen molar-refractivity contribution in [3.63, 3.8) is 0 Å². The summed E-state index contributed by atoms with van der Waals surface area (Å²) in [6, 6.07) is 0. The van der Waals surface area contributed by atoms with Crippen molar-refractivity contribution in [1.29, 1.82) is 0 Å². The summed E-state index contributed by atoms with van der Waals surface area (Å²) < 4.78 is 238. The lowest BCUT2D eigenvalue weighted by Gasteiger charge is -2.27. The SMILES string of the molecule is CC[C@H]1O[C@@H](n2cnc3c(N)ncnc32)C[C@H]1OP(=O)(S)OC[C@H]1O[C@@H](n2cc(C)c(=O)[nH]c2=O)C[C@H]1OP(=O)(S)OC[C@H]1O[C@@H](n2cnc3c(N)ncnc32)C[C@H]1OP(=O)(S)OC[C@H]1O[C@@H](n2cc(C)c(=O)[nH]c2=O)C[C@H]1OP(=O)(S)OC[C@H]1O[C@@H](n2cnc3c(N)ncnc32)C[C@H]1OP(=O)(S)OC[C@H]1O[C@@H](n2cc(C)c(=O)[nH]c2=O)C[C@H]1OP(=O)(S)OC[C@H]1O[C@@H](n2cc(C)c(N)nc2=O)C[C@H]1OP(=O)(S)OC. The molecule has 11 N–H and O–H groups in total. The quantitative estimate of drug-likeness (QED) is 0.0134. The average molecular weight is 2300 g/mol. The Balaban J connectivity index is 0.581. The first-order valence-corrected chi connectivity index (χ1v) is 62.5. The van der Waals surface area contributed by atoms with E-state index < -0.39 is 262 Å². The summed E-state index contributed by atoms with van der Waals surface area (Å²) in [4.78, 5) is 140. The van der Waals surface area contributed by atoms with Crippen molar-refractivity contribution < 1.29 is 128 Å². The van der Waals surface area contributed by atoms with Crippen molar-refractivity contribution >= 4 is 190 Å². The summed E-state index contributed by atoms with van der Waals surface area (Å²) in [6.07, 6.45) is -16.1. The second-order valence-corrected chi connectivity index (χ2v) is 54.1. The summed E-state index contributed by atoms with van der Waals surface area (Å²) in [5.74, 6) is 0.0206. The van der Waals surface area contributed by atoms with Gasteiger partial charge in [0.05, 0.1) is 70.8 Å². The number of fused-ring (bicyclic) bond motifs is 3. The molecule has 0 spiro atoms. The summed E-state index contributed by atoms with van der Waals surface area (Å²) in [5, 5.41) is 0. The lowest BCUT2D eigenvalue weighted by atomic mass is 10.1. The molecule has 59 nitrogen and oxygen atoms in total. The van der Waals surface area contributed by atoms with Gasteiger partial charge in [-0.1, -0.05) is 92.7 Å². The Bertz CT molecular complexity index is 7400. The minimum atomic E-state index is -4.90. The van der Waals surface area contributed by atoms with E-state index in [0.29, 0.717) is 23.1 Å². The number of thiol groups is 7. The number of nitrogens with two attached hydrogens (primary N) is 4. The van der Waals surface area contributed by atoms with Crippen molar-refractivity contribution in [1.82, 2.24) is 96.8 Å². The molecule has 7 unspecified atom stereocenters. The second kappa shape index (κ2) is 44.0. The zero-order valence-electron chi connectivity index (χ0n) is 76.3. The fourth-order valence-electron chi connectivity index (χ4n) is 17.0. The predicted octanol–water partition coefficient (Wildman–Crippen LogP) is 7.11. The van der Waals surface area contributed by atoms with Crippen LogP contribution in [0.2, 0.25) is 0 Å². The third-order valence-electron chi connectivity index (χ3n) is 24.1. The highest BCUT2D eigenvalue weighted by Gasteiger charge is 2.53. The normalized spacial score (nSPS) is 29.6. The van der Waals surface area contributed by atoms with Gasteiger partial charge in [-0.25, -0.2) is 96.0 Å². The van der Waals surface area contributed by atoms with Crippen LogP contribution in [0.4, 0.5) is 23.3 Å². The van der Waals surface area contributed by atoms with Crippen LogP contribution in [0.25, 0.3) is 33.5 Å². The molecular formula is C72H95N24O35P7S7. The number of ether oxygens (including phenoxy) is 7. The van der Waals surface area contributed by atoms with Gasteiger partial charge >= 0.3 is 70.3 Å². The Morgan fingerprint density at radius 1 is 0.324 bits per heavy atom. The first kappa shape index (κ1) is 109. The molecule has 790 valence electrons. The fourth-order valence-corrected chi connectivity index (χ4v) is 27.1. The molecule has 0 saturated carbocycles. The largest absolute Gasteiger partial charge is 0.386 e. The van der Waals surface area contributed by atoms with Gasteiger partial charge in [-0.3, -0.25) is 120 Å². The van der Waals surface area contributed by atoms with Crippen LogP contribution in [0, 0.1) is 27.7 Å². The molecule has 73 heteroatoms. The van der Waals surface area contributed by atoms with Gasteiger partial charge in [-0.05, 0) is 34.1 Å². The number of H-pyrrole nitrogens is 3. The minimum absolute atomic E-state index is 0.0212. The number of aromatic nitrogens is 20. The van der Waals surface area contributed by atoms with Crippen LogP contribution in [0.5, 0.6) is 0 Å². The third-order valence-corrected chi connectivity index (χ3v) is 35.8. The van der Waals surface area contributed by atoms with Crippen molar-refractivity contribution in [3.05, 3.63) is 158 Å². The van der Waals surface area contributed by atoms with Crippen LogP contribution < -0.4 is 62.4 Å². The zero-order chi connectivity index (χ0) is 104. The van der Waals surface area contributed by atoms with E-state index in [1.807, 2.05) is 6.92 Å². The van der Waals surface area contributed by atoms with E-state index in [9.17, 15) is 56.4 Å². The molecule has 10 aromatic heterocycles. The van der Waals surface area contributed by atoms with Crippen LogP contribution in [0.1, 0.15) is 124 Å². The Kier molecular flexibility index (Phi) is 33.1. The summed E-state index contributed by atoms with van der Waals surface area (Å²) in [6.45, 7) is -29.7. The number of nitrogens with zero attached hydrogens (tertiary/aromatic N) is 17. The Labute approximate surface area is 852 Å². The molecule has 7 fully saturated rings. The number of nitrogens with one attached hydrogen (secondary N) is 3. The topological polar surface area (TPSA) is 748 Å². The highest BCUT2D eigenvalue weighted by Crippen LogP contribution is 2.65. The minimum Gasteiger partial charge on any atom is -0.383 e. The predicted molar refractivity (Wildman–Crippen MR) is 528 cm³/mol. The number of aryl methyl sites for hydroxylation is 4. The lowest BCUT2D eigenvalue weighted by Crippen LogP contribution is -2.33.